The van der Waals surface area contributed by atoms with Gasteiger partial charge < -0.3 is 19.5 Å². The number of hydrogen-bond acceptors (Lipinski definition) is 8. The van der Waals surface area contributed by atoms with Crippen molar-refractivity contribution in [1.82, 2.24) is 0 Å². The first-order valence-corrected chi connectivity index (χ1v) is 12.0. The van der Waals surface area contributed by atoms with Crippen molar-refractivity contribution < 1.29 is 33.4 Å². The van der Waals surface area contributed by atoms with Crippen LogP contribution in [0.1, 0.15) is 34.1 Å². The third-order valence-corrected chi connectivity index (χ3v) is 5.82. The molecule has 1 heterocycles. The van der Waals surface area contributed by atoms with Crippen LogP contribution in [0.5, 0.6) is 11.5 Å². The van der Waals surface area contributed by atoms with E-state index in [-0.39, 0.29) is 22.0 Å². The van der Waals surface area contributed by atoms with Gasteiger partial charge in [-0.2, -0.15) is 0 Å². The lowest BCUT2D eigenvalue weighted by atomic mass is 10.2. The molecular weight excluding hydrogens is 512 g/mol. The highest BCUT2D eigenvalue weighted by atomic mass is 35.5. The minimum Gasteiger partial charge on any atom is -0.497 e. The number of nitrogens with zero attached hydrogens (tertiary/aromatic N) is 1. The van der Waals surface area contributed by atoms with Crippen LogP contribution in [-0.2, 0) is 14.3 Å². The smallest absolute Gasteiger partial charge is 0.343 e. The van der Waals surface area contributed by atoms with Gasteiger partial charge in [-0.3, -0.25) is 9.59 Å². The van der Waals surface area contributed by atoms with Crippen molar-refractivity contribution in [2.75, 3.05) is 23.9 Å². The molecule has 0 saturated carbocycles. The number of ether oxygens (including phenoxy) is 3. The maximum atomic E-state index is 13.0. The van der Waals surface area contributed by atoms with Gasteiger partial charge in [0.25, 0.3) is 11.8 Å². The van der Waals surface area contributed by atoms with Crippen LogP contribution >= 0.6 is 11.6 Å². The van der Waals surface area contributed by atoms with Crippen LogP contribution in [0.3, 0.4) is 0 Å². The summed E-state index contributed by atoms with van der Waals surface area (Å²) in [5, 5.41) is 2.56. The molecule has 1 aliphatic heterocycles. The molecule has 0 atom stereocenters. The highest BCUT2D eigenvalue weighted by molar-refractivity contribution is 6.53. The second-order valence-electron chi connectivity index (χ2n) is 8.09. The molecule has 0 aromatic heterocycles. The second-order valence-corrected chi connectivity index (χ2v) is 8.47. The van der Waals surface area contributed by atoms with Gasteiger partial charge >= 0.3 is 11.9 Å². The van der Waals surface area contributed by atoms with Crippen LogP contribution in [0.4, 0.5) is 11.4 Å². The van der Waals surface area contributed by atoms with E-state index < -0.39 is 23.8 Å². The molecule has 10 heteroatoms. The number of rotatable bonds is 9. The molecule has 38 heavy (non-hydrogen) atoms. The van der Waals surface area contributed by atoms with Gasteiger partial charge in [-0.05, 0) is 67.1 Å². The van der Waals surface area contributed by atoms with E-state index in [1.54, 1.807) is 36.4 Å². The normalized spacial score (nSPS) is 13.0. The summed E-state index contributed by atoms with van der Waals surface area (Å²) in [5.41, 5.74) is 1.12. The molecule has 0 saturated heterocycles. The number of nitrogens with one attached hydrogen (secondary N) is 1. The predicted octanol–water partition coefficient (Wildman–Crippen LogP) is 4.92. The van der Waals surface area contributed by atoms with Gasteiger partial charge in [0.2, 0.25) is 0 Å². The zero-order valence-electron chi connectivity index (χ0n) is 20.5. The lowest BCUT2D eigenvalue weighted by molar-refractivity contribution is -0.120. The lowest BCUT2D eigenvalue weighted by Gasteiger charge is -2.15. The summed E-state index contributed by atoms with van der Waals surface area (Å²) in [7, 11) is 1.51. The van der Waals surface area contributed by atoms with Crippen molar-refractivity contribution in [1.29, 1.82) is 0 Å². The van der Waals surface area contributed by atoms with Gasteiger partial charge in [-0.25, -0.2) is 14.5 Å². The van der Waals surface area contributed by atoms with Crippen molar-refractivity contribution in [3.63, 3.8) is 0 Å². The van der Waals surface area contributed by atoms with Crippen molar-refractivity contribution >= 4 is 46.7 Å². The summed E-state index contributed by atoms with van der Waals surface area (Å²) in [6.07, 6.45) is 0.691. The number of imide groups is 1. The zero-order valence-corrected chi connectivity index (χ0v) is 21.3. The van der Waals surface area contributed by atoms with Crippen molar-refractivity contribution in [2.24, 2.45) is 0 Å². The van der Waals surface area contributed by atoms with Gasteiger partial charge in [-0.1, -0.05) is 24.6 Å². The van der Waals surface area contributed by atoms with Gasteiger partial charge in [0.15, 0.2) is 0 Å². The average molecular weight is 535 g/mol. The van der Waals surface area contributed by atoms with Crippen molar-refractivity contribution in [3.05, 3.63) is 94.7 Å². The third kappa shape index (κ3) is 5.68. The maximum absolute atomic E-state index is 13.0. The SMILES string of the molecule is CCCOC(=O)c1ccc(N2C(=O)C(Cl)=C(Nc3ccc(C(=O)Oc4cccc(OC)c4)cc3)C2=O)cc1. The van der Waals surface area contributed by atoms with E-state index in [2.05, 4.69) is 5.32 Å². The molecule has 0 spiro atoms. The molecule has 194 valence electrons. The number of carbonyl (C=O) groups excluding carboxylic acids is 4. The highest BCUT2D eigenvalue weighted by Crippen LogP contribution is 2.30. The van der Waals surface area contributed by atoms with E-state index in [1.165, 1.54) is 43.5 Å². The average Bonchev–Trinajstić information content (AvgIpc) is 3.15. The first-order valence-electron chi connectivity index (χ1n) is 11.6. The Labute approximate surface area is 223 Å². The predicted molar refractivity (Wildman–Crippen MR) is 140 cm³/mol. The number of methoxy groups -OCH3 is 1. The quantitative estimate of drug-likeness (QED) is 0.234. The number of halogens is 1. The Morgan fingerprint density at radius 3 is 2.16 bits per heavy atom. The van der Waals surface area contributed by atoms with Gasteiger partial charge in [-0.15, -0.1) is 0 Å². The van der Waals surface area contributed by atoms with Gasteiger partial charge in [0.05, 0.1) is 30.5 Å². The molecule has 3 aromatic carbocycles. The maximum Gasteiger partial charge on any atom is 0.343 e. The second kappa shape index (κ2) is 11.6. The molecule has 1 N–H and O–H groups in total. The van der Waals surface area contributed by atoms with Gasteiger partial charge in [0, 0.05) is 11.8 Å². The van der Waals surface area contributed by atoms with Crippen molar-refractivity contribution in [2.45, 2.75) is 13.3 Å². The summed E-state index contributed by atoms with van der Waals surface area (Å²) >= 11 is 6.20. The first kappa shape index (κ1) is 26.4. The number of anilines is 2. The summed E-state index contributed by atoms with van der Waals surface area (Å²) < 4.78 is 15.6. The number of benzene rings is 3. The lowest BCUT2D eigenvalue weighted by Crippen LogP contribution is -2.32. The fourth-order valence-corrected chi connectivity index (χ4v) is 3.75. The summed E-state index contributed by atoms with van der Waals surface area (Å²) in [6, 6.07) is 18.6. The van der Waals surface area contributed by atoms with E-state index in [0.717, 1.165) is 4.90 Å². The summed E-state index contributed by atoms with van der Waals surface area (Å²) in [6.45, 7) is 2.18. The summed E-state index contributed by atoms with van der Waals surface area (Å²) in [5.74, 6) is -1.57. The molecule has 3 aromatic rings. The fraction of sp³-hybridized carbons (Fsp3) is 0.143. The Morgan fingerprint density at radius 2 is 1.50 bits per heavy atom. The van der Waals surface area contributed by atoms with Crippen LogP contribution in [-0.4, -0.2) is 37.5 Å². The van der Waals surface area contributed by atoms with E-state index >= 15 is 0 Å². The Bertz CT molecular complexity index is 1420. The molecule has 0 bridgehead atoms. The number of amides is 2. The molecule has 2 amide bonds. The van der Waals surface area contributed by atoms with Gasteiger partial charge in [0.1, 0.15) is 22.2 Å². The van der Waals surface area contributed by atoms with E-state index in [4.69, 9.17) is 25.8 Å². The van der Waals surface area contributed by atoms with Crippen molar-refractivity contribution in [3.8, 4) is 11.5 Å². The minimum absolute atomic E-state index is 0.116. The van der Waals surface area contributed by atoms with Crippen LogP contribution in [0, 0.1) is 0 Å². The topological polar surface area (TPSA) is 111 Å². The monoisotopic (exact) mass is 534 g/mol. The molecule has 0 unspecified atom stereocenters. The molecule has 9 nitrogen and oxygen atoms in total. The van der Waals surface area contributed by atoms with E-state index in [9.17, 15) is 19.2 Å². The minimum atomic E-state index is -0.709. The van der Waals surface area contributed by atoms with E-state index in [1.807, 2.05) is 6.92 Å². The number of hydrogen-bond donors (Lipinski definition) is 1. The zero-order chi connectivity index (χ0) is 27.2. The standard InChI is InChI=1S/C28H23ClN2O7/c1-3-15-37-27(34)17-9-13-20(14-10-17)31-25(32)23(29)24(26(31)33)30-19-11-7-18(8-12-19)28(35)38-22-6-4-5-21(16-22)36-2/h4-14,16,30H,3,15H2,1-2H3. The van der Waals surface area contributed by atoms with Crippen LogP contribution in [0.25, 0.3) is 0 Å². The molecule has 1 aliphatic rings. The van der Waals surface area contributed by atoms with E-state index in [0.29, 0.717) is 35.8 Å². The third-order valence-electron chi connectivity index (χ3n) is 5.47. The highest BCUT2D eigenvalue weighted by Gasteiger charge is 2.39. The Balaban J connectivity index is 1.43. The molecule has 0 fully saturated rings. The first-order chi connectivity index (χ1) is 18.3. The molecule has 4 rings (SSSR count). The Hall–Kier alpha value is -4.63. The largest absolute Gasteiger partial charge is 0.497 e. The Morgan fingerprint density at radius 1 is 0.868 bits per heavy atom. The summed E-state index contributed by atoms with van der Waals surface area (Å²) in [4.78, 5) is 51.2. The molecule has 0 radical (unpaired) electrons. The fourth-order valence-electron chi connectivity index (χ4n) is 3.54. The van der Waals surface area contributed by atoms with Crippen LogP contribution < -0.4 is 19.7 Å². The van der Waals surface area contributed by atoms with Crippen LogP contribution in [0.15, 0.2) is 83.5 Å². The molecular formula is C28H23ClN2O7. The number of carbonyl (C=O) groups is 4. The molecule has 0 aliphatic carbocycles. The number of esters is 2. The van der Waals surface area contributed by atoms with Crippen LogP contribution in [0.2, 0.25) is 0 Å². The Kier molecular flexibility index (Phi) is 8.08.